The zero-order valence-corrected chi connectivity index (χ0v) is 18.6. The number of amides is 1. The zero-order chi connectivity index (χ0) is 23.7. The fraction of sp³-hybridized carbons (Fsp3) is 0.391. The quantitative estimate of drug-likeness (QED) is 0.315. The molecule has 1 N–H and O–H groups in total. The Morgan fingerprint density at radius 3 is 2.38 bits per heavy atom. The lowest BCUT2D eigenvalue weighted by molar-refractivity contribution is -0.385. The Bertz CT molecular complexity index is 945. The summed E-state index contributed by atoms with van der Waals surface area (Å²) in [5.74, 6) is -0.908. The van der Waals surface area contributed by atoms with E-state index in [0.717, 1.165) is 11.6 Å². The highest BCUT2D eigenvalue weighted by molar-refractivity contribution is 5.96. The van der Waals surface area contributed by atoms with Crippen molar-refractivity contribution in [2.24, 2.45) is 5.92 Å². The molecule has 2 aromatic carbocycles. The molecule has 1 unspecified atom stereocenters. The van der Waals surface area contributed by atoms with Crippen molar-refractivity contribution in [1.82, 2.24) is 5.32 Å². The average molecular weight is 444 g/mol. The number of nitro benzene ring substituents is 1. The molecule has 32 heavy (non-hydrogen) atoms. The maximum absolute atomic E-state index is 12.5. The lowest BCUT2D eigenvalue weighted by atomic mass is 9.97. The van der Waals surface area contributed by atoms with E-state index in [2.05, 4.69) is 5.32 Å². The van der Waals surface area contributed by atoms with Gasteiger partial charge in [0.25, 0.3) is 11.6 Å². The Morgan fingerprint density at radius 2 is 1.81 bits per heavy atom. The molecule has 0 aliphatic rings. The molecule has 0 radical (unpaired) electrons. The van der Waals surface area contributed by atoms with Crippen LogP contribution in [0.4, 0.5) is 5.69 Å². The molecule has 9 nitrogen and oxygen atoms in total. The summed E-state index contributed by atoms with van der Waals surface area (Å²) < 4.78 is 15.5. The molecule has 0 bridgehead atoms. The second-order valence-electron chi connectivity index (χ2n) is 7.45. The predicted molar refractivity (Wildman–Crippen MR) is 118 cm³/mol. The monoisotopic (exact) mass is 444 g/mol. The summed E-state index contributed by atoms with van der Waals surface area (Å²) in [6, 6.07) is 11.5. The van der Waals surface area contributed by atoms with Crippen LogP contribution in [0.25, 0.3) is 0 Å². The van der Waals surface area contributed by atoms with Crippen LogP contribution in [0.5, 0.6) is 11.5 Å². The van der Waals surface area contributed by atoms with Crippen LogP contribution in [0.15, 0.2) is 42.5 Å². The van der Waals surface area contributed by atoms with Crippen LogP contribution in [-0.4, -0.2) is 37.1 Å². The first-order chi connectivity index (χ1) is 15.3. The van der Waals surface area contributed by atoms with Gasteiger partial charge in [0.15, 0.2) is 18.1 Å². The van der Waals surface area contributed by atoms with Crippen LogP contribution < -0.4 is 14.8 Å². The van der Waals surface area contributed by atoms with Crippen molar-refractivity contribution < 1.29 is 28.7 Å². The standard InChI is InChI=1S/C23H28N2O7/c1-5-31-21-13-19(25(28)29)17(12-20(21)30-4)23(27)32-14-22(26)24-18(11-15(2)3)16-9-7-6-8-10-16/h6-10,12-13,15,18H,5,11,14H2,1-4H3,(H,24,26). The summed E-state index contributed by atoms with van der Waals surface area (Å²) >= 11 is 0. The summed E-state index contributed by atoms with van der Waals surface area (Å²) in [6.07, 6.45) is 0.700. The molecule has 1 atom stereocenters. The van der Waals surface area contributed by atoms with Crippen molar-refractivity contribution in [3.05, 3.63) is 63.7 Å². The molecule has 1 amide bonds. The molecule has 2 aromatic rings. The molecule has 172 valence electrons. The minimum Gasteiger partial charge on any atom is -0.493 e. The van der Waals surface area contributed by atoms with Gasteiger partial charge in [-0.15, -0.1) is 0 Å². The van der Waals surface area contributed by atoms with Gasteiger partial charge in [0.2, 0.25) is 0 Å². The predicted octanol–water partition coefficient (Wildman–Crippen LogP) is 4.06. The summed E-state index contributed by atoms with van der Waals surface area (Å²) in [7, 11) is 1.35. The second kappa shape index (κ2) is 11.7. The van der Waals surface area contributed by atoms with Crippen LogP contribution in [0.1, 0.15) is 49.2 Å². The maximum atomic E-state index is 12.5. The van der Waals surface area contributed by atoms with E-state index in [1.165, 1.54) is 13.2 Å². The van der Waals surface area contributed by atoms with Crippen molar-refractivity contribution in [2.75, 3.05) is 20.3 Å². The fourth-order valence-corrected chi connectivity index (χ4v) is 3.17. The van der Waals surface area contributed by atoms with Gasteiger partial charge in [0, 0.05) is 6.07 Å². The Morgan fingerprint density at radius 1 is 1.12 bits per heavy atom. The smallest absolute Gasteiger partial charge is 0.345 e. The molecule has 0 aliphatic heterocycles. The Kier molecular flexibility index (Phi) is 9.00. The highest BCUT2D eigenvalue weighted by Crippen LogP contribution is 2.35. The SMILES string of the molecule is CCOc1cc([N+](=O)[O-])c(C(=O)OCC(=O)NC(CC(C)C)c2ccccc2)cc1OC. The number of carbonyl (C=O) groups excluding carboxylic acids is 2. The zero-order valence-electron chi connectivity index (χ0n) is 18.6. The van der Waals surface area contributed by atoms with E-state index in [4.69, 9.17) is 14.2 Å². The van der Waals surface area contributed by atoms with Gasteiger partial charge in [-0.05, 0) is 24.8 Å². The minimum absolute atomic E-state index is 0.135. The number of hydrogen-bond acceptors (Lipinski definition) is 7. The minimum atomic E-state index is -1.01. The summed E-state index contributed by atoms with van der Waals surface area (Å²) in [5, 5.41) is 14.3. The fourth-order valence-electron chi connectivity index (χ4n) is 3.17. The second-order valence-corrected chi connectivity index (χ2v) is 7.45. The molecule has 0 fully saturated rings. The molecular formula is C23H28N2O7. The van der Waals surface area contributed by atoms with E-state index in [-0.39, 0.29) is 29.7 Å². The molecule has 0 spiro atoms. The highest BCUT2D eigenvalue weighted by Gasteiger charge is 2.26. The van der Waals surface area contributed by atoms with E-state index in [1.807, 2.05) is 44.2 Å². The van der Waals surface area contributed by atoms with Crippen LogP contribution in [0.2, 0.25) is 0 Å². The van der Waals surface area contributed by atoms with Crippen LogP contribution in [-0.2, 0) is 9.53 Å². The number of esters is 1. The van der Waals surface area contributed by atoms with Crippen molar-refractivity contribution >= 4 is 17.6 Å². The summed E-state index contributed by atoms with van der Waals surface area (Å²) in [4.78, 5) is 35.7. The number of benzene rings is 2. The Balaban J connectivity index is 2.13. The van der Waals surface area contributed by atoms with Gasteiger partial charge in [-0.2, -0.15) is 0 Å². The lowest BCUT2D eigenvalue weighted by Crippen LogP contribution is -2.33. The number of carbonyl (C=O) groups is 2. The third kappa shape index (κ3) is 6.69. The van der Waals surface area contributed by atoms with E-state index < -0.39 is 29.1 Å². The van der Waals surface area contributed by atoms with E-state index >= 15 is 0 Å². The summed E-state index contributed by atoms with van der Waals surface area (Å²) in [5.41, 5.74) is 0.110. The molecule has 9 heteroatoms. The van der Waals surface area contributed by atoms with Crippen molar-refractivity contribution in [3.63, 3.8) is 0 Å². The number of methoxy groups -OCH3 is 1. The maximum Gasteiger partial charge on any atom is 0.345 e. The lowest BCUT2D eigenvalue weighted by Gasteiger charge is -2.21. The van der Waals surface area contributed by atoms with Gasteiger partial charge >= 0.3 is 5.97 Å². The number of nitrogens with one attached hydrogen (secondary N) is 1. The molecule has 0 saturated carbocycles. The van der Waals surface area contributed by atoms with Crippen molar-refractivity contribution in [1.29, 1.82) is 0 Å². The third-order valence-corrected chi connectivity index (χ3v) is 4.58. The largest absolute Gasteiger partial charge is 0.493 e. The summed E-state index contributed by atoms with van der Waals surface area (Å²) in [6.45, 7) is 5.48. The first kappa shape index (κ1) is 24.6. The highest BCUT2D eigenvalue weighted by atomic mass is 16.6. The molecule has 0 aromatic heterocycles. The van der Waals surface area contributed by atoms with E-state index in [1.54, 1.807) is 6.92 Å². The number of nitrogens with zero attached hydrogens (tertiary/aromatic N) is 1. The topological polar surface area (TPSA) is 117 Å². The number of hydrogen-bond donors (Lipinski definition) is 1. The average Bonchev–Trinajstić information content (AvgIpc) is 2.77. The molecule has 0 aliphatic carbocycles. The van der Waals surface area contributed by atoms with Gasteiger partial charge < -0.3 is 19.5 Å². The number of ether oxygens (including phenoxy) is 3. The molecule has 2 rings (SSSR count). The Labute approximate surface area is 186 Å². The van der Waals surface area contributed by atoms with Crippen LogP contribution >= 0.6 is 0 Å². The normalized spacial score (nSPS) is 11.5. The number of rotatable bonds is 11. The van der Waals surface area contributed by atoms with Gasteiger partial charge in [0.1, 0.15) is 5.56 Å². The third-order valence-electron chi connectivity index (χ3n) is 4.58. The van der Waals surface area contributed by atoms with Gasteiger partial charge in [0.05, 0.1) is 30.7 Å². The van der Waals surface area contributed by atoms with Crippen LogP contribution in [0.3, 0.4) is 0 Å². The molecule has 0 saturated heterocycles. The molecule has 0 heterocycles. The van der Waals surface area contributed by atoms with E-state index in [0.29, 0.717) is 12.3 Å². The first-order valence-corrected chi connectivity index (χ1v) is 10.3. The van der Waals surface area contributed by atoms with Gasteiger partial charge in [-0.25, -0.2) is 4.79 Å². The first-order valence-electron chi connectivity index (χ1n) is 10.3. The molecular weight excluding hydrogens is 416 g/mol. The van der Waals surface area contributed by atoms with E-state index in [9.17, 15) is 19.7 Å². The Hall–Kier alpha value is -3.62. The van der Waals surface area contributed by atoms with Gasteiger partial charge in [-0.1, -0.05) is 44.2 Å². The number of nitro groups is 1. The van der Waals surface area contributed by atoms with Crippen molar-refractivity contribution in [2.45, 2.75) is 33.2 Å². The van der Waals surface area contributed by atoms with Gasteiger partial charge in [-0.3, -0.25) is 14.9 Å². The van der Waals surface area contributed by atoms with Crippen molar-refractivity contribution in [3.8, 4) is 11.5 Å². The van der Waals surface area contributed by atoms with Crippen LogP contribution in [0, 0.1) is 16.0 Å².